The van der Waals surface area contributed by atoms with Crippen LogP contribution in [0, 0.1) is 0 Å². The Morgan fingerprint density at radius 2 is 1.82 bits per heavy atom. The van der Waals surface area contributed by atoms with Gasteiger partial charge in [0.15, 0.2) is 6.29 Å². The molecule has 1 heterocycles. The number of hydrogen-bond donors (Lipinski definition) is 1. The third kappa shape index (κ3) is 2.90. The van der Waals surface area contributed by atoms with E-state index in [0.29, 0.717) is 6.54 Å². The molecule has 0 aliphatic carbocycles. The third-order valence-electron chi connectivity index (χ3n) is 2.96. The summed E-state index contributed by atoms with van der Waals surface area (Å²) in [6.07, 6.45) is 0.115. The fraction of sp³-hybridized carbons (Fsp3) is 0.538. The van der Waals surface area contributed by atoms with Crippen LogP contribution < -0.4 is 10.1 Å². The second-order valence-corrected chi connectivity index (χ2v) is 4.19. The zero-order chi connectivity index (χ0) is 12.3. The van der Waals surface area contributed by atoms with Crippen molar-refractivity contribution in [2.75, 3.05) is 19.0 Å². The van der Waals surface area contributed by atoms with Gasteiger partial charge in [0, 0.05) is 0 Å². The molecule has 2 atom stereocenters. The van der Waals surface area contributed by atoms with E-state index in [2.05, 4.69) is 5.32 Å². The molecular formula is C13H19NO3. The second kappa shape index (κ2) is 5.38. The summed E-state index contributed by atoms with van der Waals surface area (Å²) in [5.74, 6) is 0.826. The van der Waals surface area contributed by atoms with Gasteiger partial charge in [0.05, 0.1) is 31.5 Å². The van der Waals surface area contributed by atoms with E-state index < -0.39 is 0 Å². The van der Waals surface area contributed by atoms with Crippen molar-refractivity contribution in [1.82, 2.24) is 0 Å². The van der Waals surface area contributed by atoms with Gasteiger partial charge in [-0.05, 0) is 26.0 Å². The van der Waals surface area contributed by atoms with Gasteiger partial charge >= 0.3 is 0 Å². The molecule has 1 saturated heterocycles. The Morgan fingerprint density at radius 1 is 1.18 bits per heavy atom. The summed E-state index contributed by atoms with van der Waals surface area (Å²) in [5.41, 5.74) is 0.953. The molecule has 1 aliphatic heterocycles. The van der Waals surface area contributed by atoms with Gasteiger partial charge in [-0.1, -0.05) is 12.1 Å². The average molecular weight is 237 g/mol. The van der Waals surface area contributed by atoms with Crippen LogP contribution in [0.1, 0.15) is 13.8 Å². The third-order valence-corrected chi connectivity index (χ3v) is 2.96. The maximum atomic E-state index is 5.64. The average Bonchev–Trinajstić information content (AvgIpc) is 2.66. The molecule has 1 aromatic carbocycles. The van der Waals surface area contributed by atoms with E-state index in [0.717, 1.165) is 11.4 Å². The molecule has 17 heavy (non-hydrogen) atoms. The monoisotopic (exact) mass is 237 g/mol. The molecule has 4 heteroatoms. The van der Waals surface area contributed by atoms with Crippen LogP contribution in [0.25, 0.3) is 0 Å². The van der Waals surface area contributed by atoms with Crippen LogP contribution in [0.2, 0.25) is 0 Å². The van der Waals surface area contributed by atoms with Gasteiger partial charge in [-0.3, -0.25) is 0 Å². The van der Waals surface area contributed by atoms with E-state index >= 15 is 0 Å². The molecule has 2 rings (SSSR count). The van der Waals surface area contributed by atoms with E-state index in [9.17, 15) is 0 Å². The smallest absolute Gasteiger partial charge is 0.175 e. The van der Waals surface area contributed by atoms with Gasteiger partial charge in [-0.15, -0.1) is 0 Å². The van der Waals surface area contributed by atoms with E-state index in [1.165, 1.54) is 0 Å². The van der Waals surface area contributed by atoms with Crippen molar-refractivity contribution in [3.05, 3.63) is 24.3 Å². The molecule has 0 aromatic heterocycles. The molecule has 0 saturated carbocycles. The molecule has 0 spiro atoms. The molecule has 1 fully saturated rings. The molecule has 0 amide bonds. The van der Waals surface area contributed by atoms with Crippen LogP contribution in [0.15, 0.2) is 24.3 Å². The molecule has 1 aliphatic rings. The predicted octanol–water partition coefficient (Wildman–Crippen LogP) is 2.26. The SMILES string of the molecule is COc1ccccc1NCC1OC(C)C(C)O1. The van der Waals surface area contributed by atoms with E-state index in [1.54, 1.807) is 7.11 Å². The van der Waals surface area contributed by atoms with Crippen molar-refractivity contribution < 1.29 is 14.2 Å². The molecule has 1 aromatic rings. The van der Waals surface area contributed by atoms with Crippen LogP contribution in [-0.2, 0) is 9.47 Å². The van der Waals surface area contributed by atoms with Crippen LogP contribution in [-0.4, -0.2) is 32.2 Å². The number of benzene rings is 1. The number of hydrogen-bond acceptors (Lipinski definition) is 4. The zero-order valence-electron chi connectivity index (χ0n) is 10.5. The highest BCUT2D eigenvalue weighted by atomic mass is 16.7. The van der Waals surface area contributed by atoms with Gasteiger partial charge in [0.25, 0.3) is 0 Å². The maximum absolute atomic E-state index is 5.64. The summed E-state index contributed by atoms with van der Waals surface area (Å²) in [6, 6.07) is 7.80. The molecule has 4 nitrogen and oxygen atoms in total. The Balaban J connectivity index is 1.90. The highest BCUT2D eigenvalue weighted by Gasteiger charge is 2.29. The normalized spacial score (nSPS) is 28.1. The first kappa shape index (κ1) is 12.2. The Morgan fingerprint density at radius 3 is 2.47 bits per heavy atom. The number of rotatable bonds is 4. The minimum atomic E-state index is -0.190. The van der Waals surface area contributed by atoms with Gasteiger partial charge < -0.3 is 19.5 Å². The molecule has 1 N–H and O–H groups in total. The first-order chi connectivity index (χ1) is 8.20. The van der Waals surface area contributed by atoms with Crippen LogP contribution in [0.5, 0.6) is 5.75 Å². The lowest BCUT2D eigenvalue weighted by molar-refractivity contribution is -0.0511. The zero-order valence-corrected chi connectivity index (χ0v) is 10.5. The van der Waals surface area contributed by atoms with Crippen molar-refractivity contribution in [3.63, 3.8) is 0 Å². The van der Waals surface area contributed by atoms with Crippen molar-refractivity contribution in [2.24, 2.45) is 0 Å². The predicted molar refractivity (Wildman–Crippen MR) is 66.4 cm³/mol. The summed E-state index contributed by atoms with van der Waals surface area (Å²) in [4.78, 5) is 0. The fourth-order valence-electron chi connectivity index (χ4n) is 1.81. The summed E-state index contributed by atoms with van der Waals surface area (Å²) in [7, 11) is 1.66. The summed E-state index contributed by atoms with van der Waals surface area (Å²) >= 11 is 0. The number of anilines is 1. The van der Waals surface area contributed by atoms with Crippen LogP contribution >= 0.6 is 0 Å². The van der Waals surface area contributed by atoms with Gasteiger partial charge in [-0.25, -0.2) is 0 Å². The Kier molecular flexibility index (Phi) is 3.86. The maximum Gasteiger partial charge on any atom is 0.175 e. The van der Waals surface area contributed by atoms with Crippen molar-refractivity contribution in [3.8, 4) is 5.75 Å². The largest absolute Gasteiger partial charge is 0.495 e. The number of nitrogens with one attached hydrogen (secondary N) is 1. The van der Waals surface area contributed by atoms with Crippen molar-refractivity contribution >= 4 is 5.69 Å². The minimum absolute atomic E-state index is 0.152. The Labute approximate surface area is 102 Å². The second-order valence-electron chi connectivity index (χ2n) is 4.19. The minimum Gasteiger partial charge on any atom is -0.495 e. The molecule has 0 bridgehead atoms. The van der Waals surface area contributed by atoms with Crippen molar-refractivity contribution in [2.45, 2.75) is 32.3 Å². The first-order valence-corrected chi connectivity index (χ1v) is 5.88. The van der Waals surface area contributed by atoms with Gasteiger partial charge in [-0.2, -0.15) is 0 Å². The van der Waals surface area contributed by atoms with E-state index in [1.807, 2.05) is 38.1 Å². The lowest BCUT2D eigenvalue weighted by atomic mass is 10.3. The summed E-state index contributed by atoms with van der Waals surface area (Å²) in [6.45, 7) is 4.66. The lowest BCUT2D eigenvalue weighted by Crippen LogP contribution is -2.21. The number of para-hydroxylation sites is 2. The summed E-state index contributed by atoms with van der Waals surface area (Å²) < 4.78 is 16.5. The van der Waals surface area contributed by atoms with Crippen LogP contribution in [0.3, 0.4) is 0 Å². The lowest BCUT2D eigenvalue weighted by Gasteiger charge is -2.14. The van der Waals surface area contributed by atoms with Gasteiger partial charge in [0.1, 0.15) is 5.75 Å². The highest BCUT2D eigenvalue weighted by molar-refractivity contribution is 5.56. The first-order valence-electron chi connectivity index (χ1n) is 5.88. The molecule has 94 valence electrons. The quantitative estimate of drug-likeness (QED) is 0.872. The molecular weight excluding hydrogens is 218 g/mol. The standard InChI is InChI=1S/C13H19NO3/c1-9-10(2)17-13(16-9)8-14-11-6-4-5-7-12(11)15-3/h4-7,9-10,13-14H,8H2,1-3H3. The highest BCUT2D eigenvalue weighted by Crippen LogP contribution is 2.24. The van der Waals surface area contributed by atoms with E-state index in [-0.39, 0.29) is 18.5 Å². The Bertz CT molecular complexity index is 359. The fourth-order valence-corrected chi connectivity index (χ4v) is 1.81. The van der Waals surface area contributed by atoms with E-state index in [4.69, 9.17) is 14.2 Å². The summed E-state index contributed by atoms with van der Waals surface area (Å²) in [5, 5.41) is 3.27. The Hall–Kier alpha value is -1.26. The topological polar surface area (TPSA) is 39.7 Å². The van der Waals surface area contributed by atoms with Crippen LogP contribution in [0.4, 0.5) is 5.69 Å². The van der Waals surface area contributed by atoms with Crippen molar-refractivity contribution in [1.29, 1.82) is 0 Å². The van der Waals surface area contributed by atoms with Gasteiger partial charge in [0.2, 0.25) is 0 Å². The molecule has 2 unspecified atom stereocenters. The number of methoxy groups -OCH3 is 1. The molecule has 0 radical (unpaired) electrons. The number of ether oxygens (including phenoxy) is 3.